The first-order chi connectivity index (χ1) is 6.11. The molecule has 1 aromatic carbocycles. The summed E-state index contributed by atoms with van der Waals surface area (Å²) < 4.78 is 0. The summed E-state index contributed by atoms with van der Waals surface area (Å²) in [5.41, 5.74) is 8.02. The van der Waals surface area contributed by atoms with Crippen molar-refractivity contribution in [2.45, 2.75) is 19.4 Å². The zero-order chi connectivity index (χ0) is 9.84. The summed E-state index contributed by atoms with van der Waals surface area (Å²) >= 11 is 5.99. The largest absolute Gasteiger partial charge is 0.324 e. The monoisotopic (exact) mass is 231 g/mol. The van der Waals surface area contributed by atoms with Gasteiger partial charge in [-0.3, -0.25) is 0 Å². The molecule has 1 rings (SSSR count). The maximum Gasteiger partial charge on any atom is 0.0453 e. The molecule has 0 radical (unpaired) electrons. The summed E-state index contributed by atoms with van der Waals surface area (Å²) in [4.78, 5) is 0. The van der Waals surface area contributed by atoms with E-state index in [1.807, 2.05) is 31.2 Å². The van der Waals surface area contributed by atoms with E-state index in [9.17, 15) is 0 Å². The fourth-order valence-corrected chi connectivity index (χ4v) is 1.54. The van der Waals surface area contributed by atoms with Crippen LogP contribution in [0.4, 0.5) is 0 Å². The Balaban J connectivity index is 0.00000169. The smallest absolute Gasteiger partial charge is 0.0453 e. The molecule has 1 atom stereocenters. The van der Waals surface area contributed by atoms with Gasteiger partial charge in [0.2, 0.25) is 0 Å². The Morgan fingerprint density at radius 2 is 2.07 bits per heavy atom. The highest BCUT2D eigenvalue weighted by atomic mass is 35.5. The van der Waals surface area contributed by atoms with Crippen molar-refractivity contribution in [3.8, 4) is 0 Å². The average molecular weight is 232 g/mol. The van der Waals surface area contributed by atoms with Gasteiger partial charge >= 0.3 is 0 Å². The molecule has 0 amide bonds. The lowest BCUT2D eigenvalue weighted by Gasteiger charge is -2.12. The lowest BCUT2D eigenvalue weighted by Crippen LogP contribution is -2.10. The third-order valence-corrected chi connectivity index (χ3v) is 2.22. The summed E-state index contributed by atoms with van der Waals surface area (Å²) in [7, 11) is 0. The molecule has 0 fully saturated rings. The zero-order valence-electron chi connectivity index (χ0n) is 8.16. The number of benzene rings is 1. The van der Waals surface area contributed by atoms with E-state index in [0.29, 0.717) is 0 Å². The van der Waals surface area contributed by atoms with Gasteiger partial charge in [-0.25, -0.2) is 0 Å². The van der Waals surface area contributed by atoms with Crippen molar-refractivity contribution in [2.75, 3.05) is 0 Å². The maximum atomic E-state index is 5.99. The topological polar surface area (TPSA) is 26.0 Å². The Bertz CT molecular complexity index is 310. The molecule has 1 aromatic rings. The summed E-state index contributed by atoms with van der Waals surface area (Å²) in [6.45, 7) is 5.80. The summed E-state index contributed by atoms with van der Waals surface area (Å²) in [6, 6.07) is 7.62. The van der Waals surface area contributed by atoms with Crippen LogP contribution in [0.25, 0.3) is 0 Å². The minimum absolute atomic E-state index is 0. The summed E-state index contributed by atoms with van der Waals surface area (Å²) in [5.74, 6) is 0. The van der Waals surface area contributed by atoms with Crippen molar-refractivity contribution in [1.82, 2.24) is 0 Å². The van der Waals surface area contributed by atoms with Crippen molar-refractivity contribution >= 4 is 24.0 Å². The molecule has 0 saturated heterocycles. The maximum absolute atomic E-state index is 5.99. The second kappa shape index (κ2) is 6.07. The zero-order valence-corrected chi connectivity index (χ0v) is 9.74. The van der Waals surface area contributed by atoms with E-state index in [0.717, 1.165) is 22.6 Å². The first-order valence-corrected chi connectivity index (χ1v) is 4.63. The molecule has 0 heterocycles. The first kappa shape index (κ1) is 13.5. The number of hydrogen-bond donors (Lipinski definition) is 1. The number of rotatable bonds is 3. The predicted octanol–water partition coefficient (Wildman–Crippen LogP) is 3.73. The van der Waals surface area contributed by atoms with E-state index in [-0.39, 0.29) is 18.4 Å². The van der Waals surface area contributed by atoms with Crippen LogP contribution in [0, 0.1) is 0 Å². The van der Waals surface area contributed by atoms with Gasteiger partial charge in [-0.05, 0) is 25.0 Å². The molecule has 14 heavy (non-hydrogen) atoms. The molecule has 0 aliphatic carbocycles. The van der Waals surface area contributed by atoms with Crippen molar-refractivity contribution in [3.05, 3.63) is 47.0 Å². The van der Waals surface area contributed by atoms with Crippen LogP contribution in [0.3, 0.4) is 0 Å². The van der Waals surface area contributed by atoms with Crippen LogP contribution in [0.2, 0.25) is 5.02 Å². The second-order valence-corrected chi connectivity index (χ2v) is 3.70. The van der Waals surface area contributed by atoms with Gasteiger partial charge in [0.1, 0.15) is 0 Å². The van der Waals surface area contributed by atoms with Gasteiger partial charge in [0.15, 0.2) is 0 Å². The van der Waals surface area contributed by atoms with Gasteiger partial charge in [-0.15, -0.1) is 19.0 Å². The first-order valence-electron chi connectivity index (χ1n) is 4.25. The fourth-order valence-electron chi connectivity index (χ4n) is 1.26. The molecular weight excluding hydrogens is 217 g/mol. The van der Waals surface area contributed by atoms with Crippen molar-refractivity contribution < 1.29 is 0 Å². The van der Waals surface area contributed by atoms with Crippen molar-refractivity contribution in [1.29, 1.82) is 0 Å². The lowest BCUT2D eigenvalue weighted by atomic mass is 10.0. The Labute approximate surface area is 96.4 Å². The minimum Gasteiger partial charge on any atom is -0.324 e. The van der Waals surface area contributed by atoms with Gasteiger partial charge in [0.25, 0.3) is 0 Å². The highest BCUT2D eigenvalue weighted by Gasteiger charge is 2.08. The highest BCUT2D eigenvalue weighted by Crippen LogP contribution is 2.24. The van der Waals surface area contributed by atoms with Crippen LogP contribution in [0.15, 0.2) is 36.4 Å². The van der Waals surface area contributed by atoms with E-state index < -0.39 is 0 Å². The molecular formula is C11H15Cl2N. The number of nitrogens with two attached hydrogens (primary N) is 1. The van der Waals surface area contributed by atoms with Crippen molar-refractivity contribution in [2.24, 2.45) is 5.73 Å². The number of halogens is 2. The SMILES string of the molecule is C=C(C)C[C@H](N)c1ccccc1Cl.Cl. The number of hydrogen-bond acceptors (Lipinski definition) is 1. The van der Waals surface area contributed by atoms with Crippen LogP contribution < -0.4 is 5.73 Å². The van der Waals surface area contributed by atoms with Gasteiger partial charge < -0.3 is 5.73 Å². The molecule has 0 aliphatic rings. The van der Waals surface area contributed by atoms with E-state index in [2.05, 4.69) is 6.58 Å². The highest BCUT2D eigenvalue weighted by molar-refractivity contribution is 6.31. The second-order valence-electron chi connectivity index (χ2n) is 3.29. The molecule has 0 bridgehead atoms. The van der Waals surface area contributed by atoms with E-state index in [1.165, 1.54) is 0 Å². The molecule has 0 spiro atoms. The molecule has 0 aliphatic heterocycles. The quantitative estimate of drug-likeness (QED) is 0.789. The molecule has 0 saturated carbocycles. The Kier molecular flexibility index (Phi) is 5.86. The van der Waals surface area contributed by atoms with E-state index in [1.54, 1.807) is 0 Å². The molecule has 2 N–H and O–H groups in total. The molecule has 0 aromatic heterocycles. The van der Waals surface area contributed by atoms with Crippen LogP contribution in [0.1, 0.15) is 24.9 Å². The minimum atomic E-state index is -0.0359. The molecule has 3 heteroatoms. The third-order valence-electron chi connectivity index (χ3n) is 1.87. The van der Waals surface area contributed by atoms with Crippen LogP contribution in [-0.2, 0) is 0 Å². The fraction of sp³-hybridized carbons (Fsp3) is 0.273. The summed E-state index contributed by atoms with van der Waals surface area (Å²) in [5, 5.41) is 0.733. The van der Waals surface area contributed by atoms with Crippen LogP contribution in [-0.4, -0.2) is 0 Å². The third kappa shape index (κ3) is 3.70. The standard InChI is InChI=1S/C11H14ClN.ClH/c1-8(2)7-11(13)9-5-3-4-6-10(9)12;/h3-6,11H,1,7,13H2,2H3;1H/t11-;/m0./s1. The Morgan fingerprint density at radius 1 is 1.50 bits per heavy atom. The Hall–Kier alpha value is -0.500. The molecule has 1 nitrogen and oxygen atoms in total. The lowest BCUT2D eigenvalue weighted by molar-refractivity contribution is 0.717. The Morgan fingerprint density at radius 3 is 2.57 bits per heavy atom. The van der Waals surface area contributed by atoms with Gasteiger partial charge in [0.05, 0.1) is 0 Å². The van der Waals surface area contributed by atoms with Crippen molar-refractivity contribution in [3.63, 3.8) is 0 Å². The normalized spacial score (nSPS) is 11.6. The van der Waals surface area contributed by atoms with E-state index in [4.69, 9.17) is 17.3 Å². The van der Waals surface area contributed by atoms with Crippen LogP contribution in [0.5, 0.6) is 0 Å². The summed E-state index contributed by atoms with van der Waals surface area (Å²) in [6.07, 6.45) is 0.781. The van der Waals surface area contributed by atoms with Gasteiger partial charge in [-0.2, -0.15) is 0 Å². The van der Waals surface area contributed by atoms with Crippen LogP contribution >= 0.6 is 24.0 Å². The molecule has 78 valence electrons. The average Bonchev–Trinajstić information content (AvgIpc) is 2.03. The predicted molar refractivity (Wildman–Crippen MR) is 65.1 cm³/mol. The molecule has 0 unspecified atom stereocenters. The van der Waals surface area contributed by atoms with E-state index >= 15 is 0 Å². The van der Waals surface area contributed by atoms with Gasteiger partial charge in [0, 0.05) is 11.1 Å². The van der Waals surface area contributed by atoms with Gasteiger partial charge in [-0.1, -0.05) is 35.4 Å².